The first-order chi connectivity index (χ1) is 9.63. The lowest BCUT2D eigenvalue weighted by atomic mass is 9.96. The van der Waals surface area contributed by atoms with E-state index in [1.807, 2.05) is 6.07 Å². The van der Waals surface area contributed by atoms with Crippen LogP contribution in [0.3, 0.4) is 0 Å². The Morgan fingerprint density at radius 2 is 1.90 bits per heavy atom. The Morgan fingerprint density at radius 1 is 1.10 bits per heavy atom. The Labute approximate surface area is 127 Å². The van der Waals surface area contributed by atoms with Crippen LogP contribution in [0.15, 0.2) is 40.9 Å². The summed E-state index contributed by atoms with van der Waals surface area (Å²) in [7, 11) is 0. The van der Waals surface area contributed by atoms with Crippen LogP contribution in [0, 0.1) is 5.82 Å². The van der Waals surface area contributed by atoms with Crippen molar-refractivity contribution in [1.29, 1.82) is 0 Å². The maximum atomic E-state index is 13.9. The summed E-state index contributed by atoms with van der Waals surface area (Å²) in [4.78, 5) is 0. The van der Waals surface area contributed by atoms with Gasteiger partial charge in [-0.1, -0.05) is 40.2 Å². The van der Waals surface area contributed by atoms with Crippen LogP contribution in [0.1, 0.15) is 34.7 Å². The first-order valence-electron chi connectivity index (χ1n) is 6.94. The Hall–Kier alpha value is -1.19. The zero-order chi connectivity index (χ0) is 14.1. The van der Waals surface area contributed by atoms with Gasteiger partial charge in [0, 0.05) is 10.5 Å². The van der Waals surface area contributed by atoms with E-state index in [2.05, 4.69) is 34.1 Å². The number of aryl methyl sites for hydroxylation is 2. The van der Waals surface area contributed by atoms with Crippen molar-refractivity contribution in [2.24, 2.45) is 5.73 Å². The standard InChI is InChI=1S/C17H17BrFN/c18-15-7-6-13(16(19)10-15)9-17(20)14-5-4-11-2-1-3-12(11)8-14/h4-8,10,17H,1-3,9,20H2. The summed E-state index contributed by atoms with van der Waals surface area (Å²) in [6.07, 6.45) is 4.07. The second kappa shape index (κ2) is 5.66. The van der Waals surface area contributed by atoms with Crippen molar-refractivity contribution in [2.45, 2.75) is 31.7 Å². The normalized spacial score (nSPS) is 15.2. The molecular weight excluding hydrogens is 317 g/mol. The molecule has 20 heavy (non-hydrogen) atoms. The third kappa shape index (κ3) is 2.79. The van der Waals surface area contributed by atoms with Crippen molar-refractivity contribution in [2.75, 3.05) is 0 Å². The number of fused-ring (bicyclic) bond motifs is 1. The van der Waals surface area contributed by atoms with Gasteiger partial charge >= 0.3 is 0 Å². The number of halogens is 2. The molecule has 0 amide bonds. The maximum Gasteiger partial charge on any atom is 0.127 e. The Bertz CT molecular complexity index is 639. The Morgan fingerprint density at radius 3 is 2.70 bits per heavy atom. The van der Waals surface area contributed by atoms with Gasteiger partial charge in [0.1, 0.15) is 5.82 Å². The molecule has 3 heteroatoms. The lowest BCUT2D eigenvalue weighted by Crippen LogP contribution is -2.14. The van der Waals surface area contributed by atoms with E-state index in [4.69, 9.17) is 5.73 Å². The molecule has 1 unspecified atom stereocenters. The second-order valence-electron chi connectivity index (χ2n) is 5.43. The van der Waals surface area contributed by atoms with Crippen LogP contribution >= 0.6 is 15.9 Å². The van der Waals surface area contributed by atoms with Gasteiger partial charge in [0.05, 0.1) is 0 Å². The molecule has 3 rings (SSSR count). The van der Waals surface area contributed by atoms with Gasteiger partial charge < -0.3 is 5.73 Å². The molecule has 0 heterocycles. The quantitative estimate of drug-likeness (QED) is 0.889. The van der Waals surface area contributed by atoms with E-state index >= 15 is 0 Å². The van der Waals surface area contributed by atoms with E-state index in [0.717, 1.165) is 16.5 Å². The van der Waals surface area contributed by atoms with Crippen LogP contribution in [0.5, 0.6) is 0 Å². The summed E-state index contributed by atoms with van der Waals surface area (Å²) in [5.41, 5.74) is 10.9. The lowest BCUT2D eigenvalue weighted by Gasteiger charge is -2.14. The van der Waals surface area contributed by atoms with Gasteiger partial charge in [0.15, 0.2) is 0 Å². The summed E-state index contributed by atoms with van der Waals surface area (Å²) >= 11 is 3.27. The highest BCUT2D eigenvalue weighted by molar-refractivity contribution is 9.10. The van der Waals surface area contributed by atoms with E-state index < -0.39 is 0 Å². The number of hydrogen-bond donors (Lipinski definition) is 1. The number of hydrogen-bond acceptors (Lipinski definition) is 1. The predicted molar refractivity (Wildman–Crippen MR) is 83.2 cm³/mol. The van der Waals surface area contributed by atoms with E-state index in [1.165, 1.54) is 30.0 Å². The molecule has 0 fully saturated rings. The minimum atomic E-state index is -0.198. The first kappa shape index (κ1) is 13.8. The fourth-order valence-electron chi connectivity index (χ4n) is 2.86. The molecule has 1 aliphatic carbocycles. The van der Waals surface area contributed by atoms with Gasteiger partial charge in [-0.3, -0.25) is 0 Å². The third-order valence-corrected chi connectivity index (χ3v) is 4.50. The highest BCUT2D eigenvalue weighted by Crippen LogP contribution is 2.27. The largest absolute Gasteiger partial charge is 0.324 e. The summed E-state index contributed by atoms with van der Waals surface area (Å²) in [5.74, 6) is -0.198. The molecule has 2 N–H and O–H groups in total. The molecule has 0 saturated carbocycles. The fraction of sp³-hybridized carbons (Fsp3) is 0.294. The molecular formula is C17H17BrFN. The number of nitrogens with two attached hydrogens (primary N) is 1. The van der Waals surface area contributed by atoms with E-state index in [9.17, 15) is 4.39 Å². The molecule has 2 aromatic rings. The van der Waals surface area contributed by atoms with Gasteiger partial charge in [-0.05, 0) is 60.1 Å². The van der Waals surface area contributed by atoms with Crippen LogP contribution in [0.4, 0.5) is 4.39 Å². The Balaban J connectivity index is 1.80. The smallest absolute Gasteiger partial charge is 0.127 e. The van der Waals surface area contributed by atoms with E-state index in [1.54, 1.807) is 6.07 Å². The highest BCUT2D eigenvalue weighted by atomic mass is 79.9. The molecule has 0 bridgehead atoms. The summed E-state index contributed by atoms with van der Waals surface area (Å²) in [5, 5.41) is 0. The SMILES string of the molecule is NC(Cc1ccc(Br)cc1F)c1ccc2c(c1)CCC2. The van der Waals surface area contributed by atoms with Crippen LogP contribution in [0.25, 0.3) is 0 Å². The molecule has 1 aliphatic rings. The molecule has 0 aliphatic heterocycles. The zero-order valence-corrected chi connectivity index (χ0v) is 12.8. The predicted octanol–water partition coefficient (Wildman–Crippen LogP) is 4.32. The topological polar surface area (TPSA) is 26.0 Å². The van der Waals surface area contributed by atoms with Crippen molar-refractivity contribution in [3.63, 3.8) is 0 Å². The first-order valence-corrected chi connectivity index (χ1v) is 7.74. The molecule has 1 nitrogen and oxygen atoms in total. The van der Waals surface area contributed by atoms with Crippen LogP contribution < -0.4 is 5.73 Å². The summed E-state index contributed by atoms with van der Waals surface area (Å²) in [6.45, 7) is 0. The number of rotatable bonds is 3. The minimum absolute atomic E-state index is 0.156. The van der Waals surface area contributed by atoms with Gasteiger partial charge in [0.25, 0.3) is 0 Å². The van der Waals surface area contributed by atoms with E-state index in [0.29, 0.717) is 12.0 Å². The van der Waals surface area contributed by atoms with Crippen LogP contribution in [-0.4, -0.2) is 0 Å². The van der Waals surface area contributed by atoms with Gasteiger partial charge in [-0.2, -0.15) is 0 Å². The van der Waals surface area contributed by atoms with Gasteiger partial charge in [-0.15, -0.1) is 0 Å². The number of benzene rings is 2. The van der Waals surface area contributed by atoms with Crippen molar-refractivity contribution >= 4 is 15.9 Å². The fourth-order valence-corrected chi connectivity index (χ4v) is 3.20. The average molecular weight is 334 g/mol. The van der Waals surface area contributed by atoms with Crippen molar-refractivity contribution in [3.8, 4) is 0 Å². The third-order valence-electron chi connectivity index (χ3n) is 4.01. The van der Waals surface area contributed by atoms with Crippen molar-refractivity contribution < 1.29 is 4.39 Å². The van der Waals surface area contributed by atoms with Gasteiger partial charge in [-0.25, -0.2) is 4.39 Å². The molecule has 0 spiro atoms. The van der Waals surface area contributed by atoms with Crippen LogP contribution in [0.2, 0.25) is 0 Å². The molecule has 0 radical (unpaired) electrons. The zero-order valence-electron chi connectivity index (χ0n) is 11.2. The average Bonchev–Trinajstić information content (AvgIpc) is 2.89. The van der Waals surface area contributed by atoms with Crippen molar-refractivity contribution in [1.82, 2.24) is 0 Å². The summed E-state index contributed by atoms with van der Waals surface area (Å²) in [6, 6.07) is 11.5. The second-order valence-corrected chi connectivity index (χ2v) is 6.34. The molecule has 0 aromatic heterocycles. The summed E-state index contributed by atoms with van der Waals surface area (Å²) < 4.78 is 14.6. The maximum absolute atomic E-state index is 13.9. The van der Waals surface area contributed by atoms with E-state index in [-0.39, 0.29) is 11.9 Å². The molecule has 2 aromatic carbocycles. The highest BCUT2D eigenvalue weighted by Gasteiger charge is 2.15. The molecule has 1 atom stereocenters. The van der Waals surface area contributed by atoms with Crippen LogP contribution in [-0.2, 0) is 19.3 Å². The molecule has 0 saturated heterocycles. The molecule has 104 valence electrons. The minimum Gasteiger partial charge on any atom is -0.324 e. The Kier molecular flexibility index (Phi) is 3.90. The monoisotopic (exact) mass is 333 g/mol. The van der Waals surface area contributed by atoms with Crippen molar-refractivity contribution in [3.05, 3.63) is 68.9 Å². The van der Waals surface area contributed by atoms with Gasteiger partial charge in [0.2, 0.25) is 0 Å². The lowest BCUT2D eigenvalue weighted by molar-refractivity contribution is 0.592.